The predicted molar refractivity (Wildman–Crippen MR) is 126 cm³/mol. The van der Waals surface area contributed by atoms with Gasteiger partial charge in [0.05, 0.1) is 0 Å². The lowest BCUT2D eigenvalue weighted by molar-refractivity contribution is 0.101. The molecule has 1 fully saturated rings. The highest BCUT2D eigenvalue weighted by Gasteiger charge is 2.27. The maximum Gasteiger partial charge on any atom is 0.321 e. The Labute approximate surface area is 192 Å². The van der Waals surface area contributed by atoms with Crippen molar-refractivity contribution in [2.75, 3.05) is 18.4 Å². The number of nitrogens with one attached hydrogen (secondary N) is 1. The van der Waals surface area contributed by atoms with E-state index in [1.165, 1.54) is 12.5 Å². The molecule has 2 aromatic carbocycles. The maximum absolute atomic E-state index is 12.7. The Kier molecular flexibility index (Phi) is 6.90. The van der Waals surface area contributed by atoms with Crippen LogP contribution in [0.1, 0.15) is 47.4 Å². The number of piperidine rings is 1. The number of ketones is 1. The van der Waals surface area contributed by atoms with Crippen LogP contribution in [0.4, 0.5) is 10.5 Å². The highest BCUT2D eigenvalue weighted by molar-refractivity contribution is 7.98. The smallest absolute Gasteiger partial charge is 0.321 e. The Morgan fingerprint density at radius 2 is 1.81 bits per heavy atom. The first kappa shape index (κ1) is 22.1. The summed E-state index contributed by atoms with van der Waals surface area (Å²) < 4.78 is 2.08. The molecular formula is C24H27N5O2S. The number of benzene rings is 2. The van der Waals surface area contributed by atoms with Gasteiger partial charge in [0.15, 0.2) is 10.9 Å². The van der Waals surface area contributed by atoms with Gasteiger partial charge in [0.25, 0.3) is 0 Å². The summed E-state index contributed by atoms with van der Waals surface area (Å²) in [5.74, 6) is 2.10. The van der Waals surface area contributed by atoms with E-state index in [1.54, 1.807) is 36.0 Å². The zero-order valence-corrected chi connectivity index (χ0v) is 19.1. The van der Waals surface area contributed by atoms with E-state index in [-0.39, 0.29) is 17.7 Å². The average Bonchev–Trinajstić information content (AvgIpc) is 3.18. The molecule has 1 aliphatic heterocycles. The highest BCUT2D eigenvalue weighted by atomic mass is 32.2. The lowest BCUT2D eigenvalue weighted by atomic mass is 9.96. The largest absolute Gasteiger partial charge is 0.324 e. The van der Waals surface area contributed by atoms with E-state index in [2.05, 4.69) is 32.2 Å². The van der Waals surface area contributed by atoms with E-state index in [4.69, 9.17) is 0 Å². The molecule has 1 aromatic heterocycles. The summed E-state index contributed by atoms with van der Waals surface area (Å²) in [6.07, 6.45) is 1.69. The fourth-order valence-corrected chi connectivity index (χ4v) is 4.76. The minimum atomic E-state index is -0.138. The SMILES string of the molecule is CC(=O)c1cccc(NC(=O)N2CCC(c3nnc(SCc4ccccc4)n3C)CC2)c1. The average molecular weight is 450 g/mol. The number of hydrogen-bond acceptors (Lipinski definition) is 5. The molecule has 1 N–H and O–H groups in total. The van der Waals surface area contributed by atoms with Crippen molar-refractivity contribution in [3.05, 3.63) is 71.5 Å². The van der Waals surface area contributed by atoms with E-state index >= 15 is 0 Å². The number of likely N-dealkylation sites (tertiary alicyclic amines) is 1. The quantitative estimate of drug-likeness (QED) is 0.435. The summed E-state index contributed by atoms with van der Waals surface area (Å²) in [6, 6.07) is 17.2. The molecule has 0 atom stereocenters. The van der Waals surface area contributed by atoms with Crippen LogP contribution in [0.25, 0.3) is 0 Å². The van der Waals surface area contributed by atoms with Crippen molar-refractivity contribution in [2.24, 2.45) is 7.05 Å². The van der Waals surface area contributed by atoms with Crippen LogP contribution in [-0.4, -0.2) is 44.6 Å². The monoisotopic (exact) mass is 449 g/mol. The lowest BCUT2D eigenvalue weighted by Crippen LogP contribution is -2.40. The summed E-state index contributed by atoms with van der Waals surface area (Å²) in [5.41, 5.74) is 2.48. The summed E-state index contributed by atoms with van der Waals surface area (Å²) >= 11 is 1.69. The molecular weight excluding hydrogens is 422 g/mol. The van der Waals surface area contributed by atoms with Crippen LogP contribution < -0.4 is 5.32 Å². The number of Topliss-reactive ketones (excluding diaryl/α,β-unsaturated/α-hetero) is 1. The van der Waals surface area contributed by atoms with E-state index in [0.29, 0.717) is 24.3 Å². The second-order valence-corrected chi connectivity index (χ2v) is 8.95. The summed E-state index contributed by atoms with van der Waals surface area (Å²) in [6.45, 7) is 2.83. The van der Waals surface area contributed by atoms with Crippen molar-refractivity contribution in [1.82, 2.24) is 19.7 Å². The molecule has 0 aliphatic carbocycles. The molecule has 8 heteroatoms. The number of rotatable bonds is 6. The van der Waals surface area contributed by atoms with Crippen molar-refractivity contribution in [3.8, 4) is 0 Å². The zero-order valence-electron chi connectivity index (χ0n) is 18.3. The topological polar surface area (TPSA) is 80.1 Å². The molecule has 7 nitrogen and oxygen atoms in total. The molecule has 0 saturated carbocycles. The van der Waals surface area contributed by atoms with Crippen molar-refractivity contribution in [3.63, 3.8) is 0 Å². The van der Waals surface area contributed by atoms with Gasteiger partial charge in [0.1, 0.15) is 5.82 Å². The molecule has 0 bridgehead atoms. The van der Waals surface area contributed by atoms with Gasteiger partial charge < -0.3 is 14.8 Å². The molecule has 32 heavy (non-hydrogen) atoms. The van der Waals surface area contributed by atoms with Crippen LogP contribution >= 0.6 is 11.8 Å². The molecule has 166 valence electrons. The number of hydrogen-bond donors (Lipinski definition) is 1. The van der Waals surface area contributed by atoms with E-state index in [9.17, 15) is 9.59 Å². The summed E-state index contributed by atoms with van der Waals surface area (Å²) in [7, 11) is 2.02. The van der Waals surface area contributed by atoms with Crippen LogP contribution in [0.3, 0.4) is 0 Å². The van der Waals surface area contributed by atoms with Crippen molar-refractivity contribution >= 4 is 29.3 Å². The molecule has 1 saturated heterocycles. The fraction of sp³-hybridized carbons (Fsp3) is 0.333. The van der Waals surface area contributed by atoms with Crippen molar-refractivity contribution in [1.29, 1.82) is 0 Å². The van der Waals surface area contributed by atoms with Crippen LogP contribution in [0.5, 0.6) is 0 Å². The van der Waals surface area contributed by atoms with Gasteiger partial charge in [-0.2, -0.15) is 0 Å². The highest BCUT2D eigenvalue weighted by Crippen LogP contribution is 2.30. The van der Waals surface area contributed by atoms with Gasteiger partial charge in [-0.3, -0.25) is 4.79 Å². The number of amides is 2. The van der Waals surface area contributed by atoms with Crippen LogP contribution in [0.2, 0.25) is 0 Å². The first-order chi connectivity index (χ1) is 15.5. The van der Waals surface area contributed by atoms with E-state index in [1.807, 2.05) is 30.1 Å². The van der Waals surface area contributed by atoms with Crippen molar-refractivity contribution < 1.29 is 9.59 Å². The Morgan fingerprint density at radius 1 is 1.06 bits per heavy atom. The number of carbonyl (C=O) groups excluding carboxylic acids is 2. The first-order valence-electron chi connectivity index (χ1n) is 10.7. The molecule has 2 amide bonds. The van der Waals surface area contributed by atoms with Crippen molar-refractivity contribution in [2.45, 2.75) is 36.6 Å². The summed E-state index contributed by atoms with van der Waals surface area (Å²) in [4.78, 5) is 26.1. The normalized spacial score (nSPS) is 14.4. The Balaban J connectivity index is 1.31. The molecule has 1 aliphatic rings. The molecule has 0 radical (unpaired) electrons. The van der Waals surface area contributed by atoms with E-state index < -0.39 is 0 Å². The number of aromatic nitrogens is 3. The van der Waals surface area contributed by atoms with Gasteiger partial charge in [0.2, 0.25) is 0 Å². The minimum Gasteiger partial charge on any atom is -0.324 e. The Morgan fingerprint density at radius 3 is 2.53 bits per heavy atom. The minimum absolute atomic E-state index is 0.0214. The second-order valence-electron chi connectivity index (χ2n) is 8.00. The van der Waals surface area contributed by atoms with Gasteiger partial charge >= 0.3 is 6.03 Å². The molecule has 0 unspecified atom stereocenters. The molecule has 4 rings (SSSR count). The molecule has 2 heterocycles. The third kappa shape index (κ3) is 5.19. The standard InChI is InChI=1S/C24H27N5O2S/c1-17(30)20-9-6-10-21(15-20)25-23(31)29-13-11-19(12-14-29)22-26-27-24(28(22)2)32-16-18-7-4-3-5-8-18/h3-10,15,19H,11-14,16H2,1-2H3,(H,25,31). The third-order valence-electron chi connectivity index (χ3n) is 5.75. The maximum atomic E-state index is 12.7. The fourth-order valence-electron chi connectivity index (χ4n) is 3.89. The summed E-state index contributed by atoms with van der Waals surface area (Å²) in [5, 5.41) is 12.7. The van der Waals surface area contributed by atoms with Gasteiger partial charge in [-0.1, -0.05) is 54.2 Å². The van der Waals surface area contributed by atoms with Crippen LogP contribution in [-0.2, 0) is 12.8 Å². The number of thioether (sulfide) groups is 1. The molecule has 3 aromatic rings. The lowest BCUT2D eigenvalue weighted by Gasteiger charge is -2.31. The predicted octanol–water partition coefficient (Wildman–Crippen LogP) is 4.72. The van der Waals surface area contributed by atoms with E-state index in [0.717, 1.165) is 29.6 Å². The van der Waals surface area contributed by atoms with Gasteiger partial charge in [-0.05, 0) is 37.5 Å². The van der Waals surface area contributed by atoms with Gasteiger partial charge in [-0.15, -0.1) is 10.2 Å². The number of anilines is 1. The zero-order chi connectivity index (χ0) is 22.5. The van der Waals surface area contributed by atoms with Gasteiger partial charge in [0, 0.05) is 43.1 Å². The molecule has 0 spiro atoms. The third-order valence-corrected chi connectivity index (χ3v) is 6.84. The Hall–Kier alpha value is -3.13. The number of nitrogens with zero attached hydrogens (tertiary/aromatic N) is 4. The Bertz CT molecular complexity index is 1090. The number of carbonyl (C=O) groups is 2. The number of urea groups is 1. The first-order valence-corrected chi connectivity index (χ1v) is 11.7. The van der Waals surface area contributed by atoms with Crippen LogP contribution in [0.15, 0.2) is 59.8 Å². The second kappa shape index (κ2) is 9.99. The van der Waals surface area contributed by atoms with Gasteiger partial charge in [-0.25, -0.2) is 4.79 Å². The van der Waals surface area contributed by atoms with Crippen LogP contribution in [0, 0.1) is 0 Å².